The highest BCUT2D eigenvalue weighted by molar-refractivity contribution is 6.07. The average Bonchev–Trinajstić information content (AvgIpc) is 2.66. The van der Waals surface area contributed by atoms with E-state index in [4.69, 9.17) is 0 Å². The standard InChI is InChI=1S/C20H15FN2O4/c21-13-5-6-16-14(8-13)15(9-18(24)22-16)19(25)23-10-12-4-2-1-3-11(12)7-17(23)20(26)27/h1-6,8-9,17H,7,10H2,(H,22,24)(H,26,27). The Morgan fingerprint density at radius 2 is 1.85 bits per heavy atom. The molecule has 136 valence electrons. The van der Waals surface area contributed by atoms with Gasteiger partial charge in [-0.15, -0.1) is 0 Å². The highest BCUT2D eigenvalue weighted by atomic mass is 19.1. The summed E-state index contributed by atoms with van der Waals surface area (Å²) in [4.78, 5) is 40.7. The summed E-state index contributed by atoms with van der Waals surface area (Å²) in [5.74, 6) is -2.29. The van der Waals surface area contributed by atoms with Crippen LogP contribution >= 0.6 is 0 Å². The second-order valence-electron chi connectivity index (χ2n) is 6.50. The van der Waals surface area contributed by atoms with Gasteiger partial charge in [-0.05, 0) is 29.3 Å². The fourth-order valence-corrected chi connectivity index (χ4v) is 3.51. The lowest BCUT2D eigenvalue weighted by Crippen LogP contribution is -2.48. The highest BCUT2D eigenvalue weighted by Gasteiger charge is 2.35. The van der Waals surface area contributed by atoms with E-state index >= 15 is 0 Å². The Hall–Kier alpha value is -3.48. The molecule has 1 unspecified atom stereocenters. The molecule has 0 saturated carbocycles. The molecule has 2 aromatic carbocycles. The van der Waals surface area contributed by atoms with Gasteiger partial charge in [-0.1, -0.05) is 24.3 Å². The zero-order chi connectivity index (χ0) is 19.1. The smallest absolute Gasteiger partial charge is 0.326 e. The number of pyridine rings is 1. The summed E-state index contributed by atoms with van der Waals surface area (Å²) in [5, 5.41) is 9.86. The van der Waals surface area contributed by atoms with Crippen molar-refractivity contribution >= 4 is 22.8 Å². The Morgan fingerprint density at radius 1 is 1.11 bits per heavy atom. The van der Waals surface area contributed by atoms with Crippen molar-refractivity contribution in [2.75, 3.05) is 0 Å². The average molecular weight is 366 g/mol. The molecule has 0 saturated heterocycles. The third kappa shape index (κ3) is 2.97. The number of fused-ring (bicyclic) bond motifs is 2. The van der Waals surface area contributed by atoms with Crippen LogP contribution in [0.25, 0.3) is 10.9 Å². The maximum Gasteiger partial charge on any atom is 0.326 e. The van der Waals surface area contributed by atoms with Gasteiger partial charge in [-0.3, -0.25) is 9.59 Å². The molecule has 1 amide bonds. The third-order valence-corrected chi connectivity index (χ3v) is 4.83. The summed E-state index contributed by atoms with van der Waals surface area (Å²) < 4.78 is 13.7. The van der Waals surface area contributed by atoms with Crippen LogP contribution in [0.3, 0.4) is 0 Å². The predicted octanol–water partition coefficient (Wildman–Crippen LogP) is 2.32. The molecule has 3 aromatic rings. The molecule has 4 rings (SSSR count). The number of hydrogen-bond donors (Lipinski definition) is 2. The Bertz CT molecular complexity index is 1140. The molecule has 2 N–H and O–H groups in total. The van der Waals surface area contributed by atoms with Gasteiger partial charge in [0.25, 0.3) is 5.91 Å². The number of carboxylic acid groups (broad SMARTS) is 1. The number of hydrogen-bond acceptors (Lipinski definition) is 3. The SMILES string of the molecule is O=C(O)C1Cc2ccccc2CN1C(=O)c1cc(=O)[nH]c2ccc(F)cc12. The number of rotatable bonds is 2. The van der Waals surface area contributed by atoms with Gasteiger partial charge >= 0.3 is 5.97 Å². The Morgan fingerprint density at radius 3 is 2.59 bits per heavy atom. The van der Waals surface area contributed by atoms with Gasteiger partial charge in [0.05, 0.1) is 5.56 Å². The molecule has 0 aliphatic carbocycles. The van der Waals surface area contributed by atoms with Crippen LogP contribution in [-0.4, -0.2) is 32.9 Å². The molecule has 0 radical (unpaired) electrons. The van der Waals surface area contributed by atoms with Crippen molar-refractivity contribution in [3.63, 3.8) is 0 Å². The number of aromatic amines is 1. The Labute approximate surface area is 152 Å². The number of nitrogens with zero attached hydrogens (tertiary/aromatic N) is 1. The molecule has 27 heavy (non-hydrogen) atoms. The molecule has 1 atom stereocenters. The molecule has 2 heterocycles. The number of amides is 1. The summed E-state index contributed by atoms with van der Waals surface area (Å²) in [6, 6.07) is 11.1. The second kappa shape index (κ2) is 6.35. The summed E-state index contributed by atoms with van der Waals surface area (Å²) in [5.41, 5.74) is 1.51. The lowest BCUT2D eigenvalue weighted by molar-refractivity contribution is -0.142. The fraction of sp³-hybridized carbons (Fsp3) is 0.150. The summed E-state index contributed by atoms with van der Waals surface area (Å²) >= 11 is 0. The van der Waals surface area contributed by atoms with E-state index in [-0.39, 0.29) is 23.9 Å². The van der Waals surface area contributed by atoms with Crippen molar-refractivity contribution in [2.24, 2.45) is 0 Å². The largest absolute Gasteiger partial charge is 0.480 e. The molecule has 6 nitrogen and oxygen atoms in total. The van der Waals surface area contributed by atoms with Crippen molar-refractivity contribution in [2.45, 2.75) is 19.0 Å². The maximum atomic E-state index is 13.7. The van der Waals surface area contributed by atoms with Crippen LogP contribution in [0.15, 0.2) is 53.3 Å². The zero-order valence-corrected chi connectivity index (χ0v) is 14.1. The van der Waals surface area contributed by atoms with E-state index in [9.17, 15) is 23.9 Å². The van der Waals surface area contributed by atoms with E-state index in [1.807, 2.05) is 24.3 Å². The van der Waals surface area contributed by atoms with Gasteiger partial charge < -0.3 is 15.0 Å². The highest BCUT2D eigenvalue weighted by Crippen LogP contribution is 2.27. The Kier molecular flexibility index (Phi) is 3.99. The second-order valence-corrected chi connectivity index (χ2v) is 6.50. The van der Waals surface area contributed by atoms with Crippen molar-refractivity contribution in [1.82, 2.24) is 9.88 Å². The molecule has 7 heteroatoms. The summed E-state index contributed by atoms with van der Waals surface area (Å²) in [6.45, 7) is 0.107. The fourth-order valence-electron chi connectivity index (χ4n) is 3.51. The van der Waals surface area contributed by atoms with Crippen molar-refractivity contribution in [3.05, 3.63) is 81.4 Å². The van der Waals surface area contributed by atoms with E-state index in [1.165, 1.54) is 17.0 Å². The number of H-pyrrole nitrogens is 1. The molecular weight excluding hydrogens is 351 g/mol. The molecule has 0 bridgehead atoms. The van der Waals surface area contributed by atoms with E-state index in [2.05, 4.69) is 4.98 Å². The van der Waals surface area contributed by atoms with E-state index in [0.717, 1.165) is 23.3 Å². The van der Waals surface area contributed by atoms with Crippen LogP contribution in [0, 0.1) is 5.82 Å². The summed E-state index contributed by atoms with van der Waals surface area (Å²) in [7, 11) is 0. The maximum absolute atomic E-state index is 13.7. The minimum Gasteiger partial charge on any atom is -0.480 e. The first-order valence-electron chi connectivity index (χ1n) is 8.37. The van der Waals surface area contributed by atoms with Gasteiger partial charge in [-0.2, -0.15) is 0 Å². The van der Waals surface area contributed by atoms with Crippen molar-refractivity contribution < 1.29 is 19.1 Å². The third-order valence-electron chi connectivity index (χ3n) is 4.83. The van der Waals surface area contributed by atoms with E-state index in [1.54, 1.807) is 0 Å². The number of carbonyl (C=O) groups excluding carboxylic acids is 1. The number of aromatic nitrogens is 1. The predicted molar refractivity (Wildman–Crippen MR) is 96.0 cm³/mol. The number of benzene rings is 2. The number of halogens is 1. The quantitative estimate of drug-likeness (QED) is 0.728. The van der Waals surface area contributed by atoms with Crippen LogP contribution in [0.5, 0.6) is 0 Å². The van der Waals surface area contributed by atoms with Gasteiger partial charge in [0.15, 0.2) is 0 Å². The first kappa shape index (κ1) is 17.0. The molecule has 0 fully saturated rings. The minimum absolute atomic E-state index is 0.0149. The van der Waals surface area contributed by atoms with Crippen LogP contribution in [0.1, 0.15) is 21.5 Å². The van der Waals surface area contributed by atoms with Crippen molar-refractivity contribution in [1.29, 1.82) is 0 Å². The van der Waals surface area contributed by atoms with E-state index in [0.29, 0.717) is 5.52 Å². The summed E-state index contributed by atoms with van der Waals surface area (Å²) in [6.07, 6.45) is 0.173. The molecule has 1 aliphatic rings. The number of aliphatic carboxylic acids is 1. The lowest BCUT2D eigenvalue weighted by Gasteiger charge is -2.34. The lowest BCUT2D eigenvalue weighted by atomic mass is 9.93. The monoisotopic (exact) mass is 366 g/mol. The van der Waals surface area contributed by atoms with Crippen LogP contribution in [0.2, 0.25) is 0 Å². The zero-order valence-electron chi connectivity index (χ0n) is 14.1. The first-order valence-corrected chi connectivity index (χ1v) is 8.37. The normalized spacial score (nSPS) is 16.2. The minimum atomic E-state index is -1.13. The molecular formula is C20H15FN2O4. The van der Waals surface area contributed by atoms with Crippen LogP contribution in [-0.2, 0) is 17.8 Å². The van der Waals surface area contributed by atoms with E-state index < -0.39 is 29.3 Å². The van der Waals surface area contributed by atoms with Gasteiger partial charge in [0, 0.05) is 29.9 Å². The number of carboxylic acids is 1. The molecule has 1 aromatic heterocycles. The topological polar surface area (TPSA) is 90.5 Å². The van der Waals surface area contributed by atoms with Gasteiger partial charge in [0.2, 0.25) is 5.56 Å². The van der Waals surface area contributed by atoms with Crippen LogP contribution in [0.4, 0.5) is 4.39 Å². The molecule has 0 spiro atoms. The Balaban J connectivity index is 1.84. The number of carbonyl (C=O) groups is 2. The van der Waals surface area contributed by atoms with Gasteiger partial charge in [0.1, 0.15) is 11.9 Å². The van der Waals surface area contributed by atoms with Crippen LogP contribution < -0.4 is 5.56 Å². The van der Waals surface area contributed by atoms with Crippen molar-refractivity contribution in [3.8, 4) is 0 Å². The molecule has 1 aliphatic heterocycles. The van der Waals surface area contributed by atoms with Gasteiger partial charge in [-0.25, -0.2) is 9.18 Å². The first-order chi connectivity index (χ1) is 12.9. The number of nitrogens with one attached hydrogen (secondary N) is 1.